The van der Waals surface area contributed by atoms with Crippen molar-refractivity contribution in [3.05, 3.63) is 40.0 Å². The number of halogens is 1. The number of aromatic amines is 1. The molecule has 2 rings (SSSR count). The Labute approximate surface area is 113 Å². The molecule has 1 aromatic carbocycles. The first-order valence-corrected chi connectivity index (χ1v) is 6.39. The zero-order chi connectivity index (χ0) is 13.1. The standard InChI is InChI=1S/C13H13BrN2O2/c1-8-11(6-7-12(17)18)15-16-13(8)9-2-4-10(14)5-3-9/h2-5H,6-7H2,1H3,(H,15,16)(H,17,18). The molecule has 0 amide bonds. The maximum absolute atomic E-state index is 10.6. The number of nitrogens with one attached hydrogen (secondary N) is 1. The Morgan fingerprint density at radius 2 is 2.06 bits per heavy atom. The monoisotopic (exact) mass is 308 g/mol. The second-order valence-electron chi connectivity index (χ2n) is 4.08. The molecule has 0 saturated heterocycles. The molecule has 0 aliphatic rings. The summed E-state index contributed by atoms with van der Waals surface area (Å²) in [7, 11) is 0. The molecule has 18 heavy (non-hydrogen) atoms. The molecule has 0 saturated carbocycles. The summed E-state index contributed by atoms with van der Waals surface area (Å²) in [5, 5.41) is 15.9. The topological polar surface area (TPSA) is 66.0 Å². The van der Waals surface area contributed by atoms with E-state index in [1.807, 2.05) is 31.2 Å². The van der Waals surface area contributed by atoms with Gasteiger partial charge in [-0.1, -0.05) is 28.1 Å². The van der Waals surface area contributed by atoms with Crippen LogP contribution in [-0.4, -0.2) is 21.3 Å². The first kappa shape index (κ1) is 12.8. The fourth-order valence-corrected chi connectivity index (χ4v) is 2.06. The van der Waals surface area contributed by atoms with Crippen molar-refractivity contribution in [3.63, 3.8) is 0 Å². The fraction of sp³-hybridized carbons (Fsp3) is 0.231. The summed E-state index contributed by atoms with van der Waals surface area (Å²) in [6.45, 7) is 1.96. The van der Waals surface area contributed by atoms with Crippen LogP contribution in [0.4, 0.5) is 0 Å². The van der Waals surface area contributed by atoms with E-state index in [4.69, 9.17) is 5.11 Å². The van der Waals surface area contributed by atoms with Crippen LogP contribution in [0.15, 0.2) is 28.7 Å². The fourth-order valence-electron chi connectivity index (χ4n) is 1.80. The number of H-pyrrole nitrogens is 1. The van der Waals surface area contributed by atoms with Gasteiger partial charge < -0.3 is 5.11 Å². The Kier molecular flexibility index (Phi) is 3.81. The van der Waals surface area contributed by atoms with Crippen molar-refractivity contribution >= 4 is 21.9 Å². The van der Waals surface area contributed by atoms with Gasteiger partial charge in [0.05, 0.1) is 12.1 Å². The minimum absolute atomic E-state index is 0.114. The Morgan fingerprint density at radius 3 is 2.67 bits per heavy atom. The van der Waals surface area contributed by atoms with Crippen molar-refractivity contribution in [1.29, 1.82) is 0 Å². The number of benzene rings is 1. The number of hydrogen-bond acceptors (Lipinski definition) is 2. The predicted molar refractivity (Wildman–Crippen MR) is 72.4 cm³/mol. The van der Waals surface area contributed by atoms with Gasteiger partial charge in [-0.3, -0.25) is 9.89 Å². The molecular formula is C13H13BrN2O2. The molecule has 0 aliphatic carbocycles. The highest BCUT2D eigenvalue weighted by molar-refractivity contribution is 9.10. The highest BCUT2D eigenvalue weighted by Gasteiger charge is 2.11. The van der Waals surface area contributed by atoms with Gasteiger partial charge in [-0.2, -0.15) is 5.10 Å². The highest BCUT2D eigenvalue weighted by Crippen LogP contribution is 2.25. The molecule has 0 fully saturated rings. The van der Waals surface area contributed by atoms with Crippen LogP contribution >= 0.6 is 15.9 Å². The summed E-state index contributed by atoms with van der Waals surface area (Å²) in [5.74, 6) is -0.797. The van der Waals surface area contributed by atoms with Gasteiger partial charge in [-0.05, 0) is 31.0 Å². The van der Waals surface area contributed by atoms with Crippen molar-refractivity contribution in [1.82, 2.24) is 10.2 Å². The Hall–Kier alpha value is -1.62. The molecule has 0 radical (unpaired) electrons. The van der Waals surface area contributed by atoms with E-state index >= 15 is 0 Å². The van der Waals surface area contributed by atoms with E-state index in [1.165, 1.54) is 0 Å². The van der Waals surface area contributed by atoms with Crippen LogP contribution in [0.1, 0.15) is 17.7 Å². The number of aromatic nitrogens is 2. The van der Waals surface area contributed by atoms with E-state index in [-0.39, 0.29) is 6.42 Å². The summed E-state index contributed by atoms with van der Waals surface area (Å²) in [4.78, 5) is 10.6. The summed E-state index contributed by atoms with van der Waals surface area (Å²) in [5.41, 5.74) is 3.80. The second-order valence-corrected chi connectivity index (χ2v) is 4.99. The van der Waals surface area contributed by atoms with Crippen LogP contribution in [0.25, 0.3) is 11.3 Å². The van der Waals surface area contributed by atoms with Crippen LogP contribution < -0.4 is 0 Å². The maximum Gasteiger partial charge on any atom is 0.303 e. The molecule has 2 aromatic rings. The van der Waals surface area contributed by atoms with E-state index in [1.54, 1.807) is 0 Å². The zero-order valence-corrected chi connectivity index (χ0v) is 11.5. The smallest absolute Gasteiger partial charge is 0.303 e. The quantitative estimate of drug-likeness (QED) is 0.911. The molecule has 4 nitrogen and oxygen atoms in total. The van der Waals surface area contributed by atoms with Gasteiger partial charge in [-0.25, -0.2) is 0 Å². The van der Waals surface area contributed by atoms with E-state index in [9.17, 15) is 4.79 Å². The predicted octanol–water partition coefficient (Wildman–Crippen LogP) is 3.16. The van der Waals surface area contributed by atoms with Gasteiger partial charge in [0, 0.05) is 15.7 Å². The Bertz CT molecular complexity index is 561. The van der Waals surface area contributed by atoms with E-state index in [2.05, 4.69) is 26.1 Å². The first-order valence-electron chi connectivity index (χ1n) is 5.59. The Morgan fingerprint density at radius 1 is 1.39 bits per heavy atom. The first-order chi connectivity index (χ1) is 8.58. The van der Waals surface area contributed by atoms with Crippen LogP contribution in [0.3, 0.4) is 0 Å². The zero-order valence-electron chi connectivity index (χ0n) is 9.90. The van der Waals surface area contributed by atoms with Gasteiger partial charge in [0.25, 0.3) is 0 Å². The number of aliphatic carboxylic acids is 1. The summed E-state index contributed by atoms with van der Waals surface area (Å²) >= 11 is 3.39. The van der Waals surface area contributed by atoms with Gasteiger partial charge in [0.15, 0.2) is 0 Å². The van der Waals surface area contributed by atoms with E-state index < -0.39 is 5.97 Å². The lowest BCUT2D eigenvalue weighted by atomic mass is 10.1. The minimum atomic E-state index is -0.797. The number of carboxylic acid groups (broad SMARTS) is 1. The SMILES string of the molecule is Cc1c(-c2ccc(Br)cc2)n[nH]c1CCC(=O)O. The lowest BCUT2D eigenvalue weighted by Crippen LogP contribution is -1.98. The average molecular weight is 309 g/mol. The average Bonchev–Trinajstić information content (AvgIpc) is 2.69. The maximum atomic E-state index is 10.6. The second kappa shape index (κ2) is 5.35. The largest absolute Gasteiger partial charge is 0.481 e. The highest BCUT2D eigenvalue weighted by atomic mass is 79.9. The van der Waals surface area contributed by atoms with Crippen molar-refractivity contribution in [2.75, 3.05) is 0 Å². The van der Waals surface area contributed by atoms with Crippen LogP contribution in [0, 0.1) is 6.92 Å². The third kappa shape index (κ3) is 2.79. The van der Waals surface area contributed by atoms with Gasteiger partial charge in [0.1, 0.15) is 0 Å². The molecule has 1 heterocycles. The summed E-state index contributed by atoms with van der Waals surface area (Å²) in [6.07, 6.45) is 0.591. The van der Waals surface area contributed by atoms with Gasteiger partial charge in [-0.15, -0.1) is 0 Å². The van der Waals surface area contributed by atoms with Crippen molar-refractivity contribution in [2.45, 2.75) is 19.8 Å². The molecule has 0 spiro atoms. The molecule has 94 valence electrons. The molecule has 0 atom stereocenters. The number of aryl methyl sites for hydroxylation is 1. The van der Waals surface area contributed by atoms with E-state index in [0.29, 0.717) is 6.42 Å². The minimum Gasteiger partial charge on any atom is -0.481 e. The lowest BCUT2D eigenvalue weighted by molar-refractivity contribution is -0.136. The third-order valence-electron chi connectivity index (χ3n) is 2.82. The Balaban J connectivity index is 2.25. The number of hydrogen-bond donors (Lipinski definition) is 2. The molecule has 5 heteroatoms. The third-order valence-corrected chi connectivity index (χ3v) is 3.35. The molecular weight excluding hydrogens is 296 g/mol. The summed E-state index contributed by atoms with van der Waals surface area (Å²) in [6, 6.07) is 7.88. The molecule has 0 aliphatic heterocycles. The lowest BCUT2D eigenvalue weighted by Gasteiger charge is -2.00. The normalized spacial score (nSPS) is 10.6. The molecule has 0 unspecified atom stereocenters. The molecule has 2 N–H and O–H groups in total. The van der Waals surface area contributed by atoms with Crippen LogP contribution in [0.2, 0.25) is 0 Å². The number of rotatable bonds is 4. The van der Waals surface area contributed by atoms with Gasteiger partial charge in [0.2, 0.25) is 0 Å². The number of nitrogens with zero attached hydrogens (tertiary/aromatic N) is 1. The number of carboxylic acids is 1. The van der Waals surface area contributed by atoms with Crippen molar-refractivity contribution in [3.8, 4) is 11.3 Å². The van der Waals surface area contributed by atoms with Crippen LogP contribution in [-0.2, 0) is 11.2 Å². The summed E-state index contributed by atoms with van der Waals surface area (Å²) < 4.78 is 1.02. The van der Waals surface area contributed by atoms with Gasteiger partial charge >= 0.3 is 5.97 Å². The van der Waals surface area contributed by atoms with Crippen molar-refractivity contribution in [2.24, 2.45) is 0 Å². The van der Waals surface area contributed by atoms with Crippen molar-refractivity contribution < 1.29 is 9.90 Å². The van der Waals surface area contributed by atoms with Crippen LogP contribution in [0.5, 0.6) is 0 Å². The number of carbonyl (C=O) groups is 1. The molecule has 0 bridgehead atoms. The van der Waals surface area contributed by atoms with E-state index in [0.717, 1.165) is 27.0 Å². The molecule has 1 aromatic heterocycles.